The molecule has 0 bridgehead atoms. The summed E-state index contributed by atoms with van der Waals surface area (Å²) in [5, 5.41) is 0. The Morgan fingerprint density at radius 3 is 2.13 bits per heavy atom. The molecule has 82 valence electrons. The summed E-state index contributed by atoms with van der Waals surface area (Å²) in [6.45, 7) is 0. The predicted molar refractivity (Wildman–Crippen MR) is 53.2 cm³/mol. The molecule has 1 aliphatic rings. The number of allylic oxidation sites excluding steroid dienone is 3. The Kier molecular flexibility index (Phi) is 6.21. The molecule has 1 aliphatic carbocycles. The first-order valence-corrected chi connectivity index (χ1v) is 4.16. The van der Waals surface area contributed by atoms with Crippen LogP contribution in [0.3, 0.4) is 0 Å². The zero-order chi connectivity index (χ0) is 11.8. The first-order valence-electron chi connectivity index (χ1n) is 4.16. The van der Waals surface area contributed by atoms with E-state index in [1.165, 1.54) is 0 Å². The molecular weight excluding hydrogens is 206 g/mol. The van der Waals surface area contributed by atoms with Gasteiger partial charge in [0.2, 0.25) is 0 Å². The molecule has 0 aromatic rings. The van der Waals surface area contributed by atoms with Crippen molar-refractivity contribution in [2.75, 3.05) is 14.1 Å². The third-order valence-electron chi connectivity index (χ3n) is 1.61. The van der Waals surface area contributed by atoms with Crippen LogP contribution in [0.1, 0.15) is 6.42 Å². The van der Waals surface area contributed by atoms with Crippen molar-refractivity contribution in [2.45, 2.75) is 6.42 Å². The topological polar surface area (TPSA) is 39.6 Å². The Morgan fingerprint density at radius 1 is 1.33 bits per heavy atom. The fourth-order valence-corrected chi connectivity index (χ4v) is 0.933. The Balaban J connectivity index is 0.000000423. The lowest BCUT2D eigenvalue weighted by molar-refractivity contribution is -0.00545. The number of hydrogen-bond donors (Lipinski definition) is 0. The van der Waals surface area contributed by atoms with Crippen molar-refractivity contribution < 1.29 is 17.7 Å². The molecule has 15 heavy (non-hydrogen) atoms. The van der Waals surface area contributed by atoms with Gasteiger partial charge in [0.25, 0.3) is 5.71 Å². The van der Waals surface area contributed by atoms with Gasteiger partial charge in [-0.3, -0.25) is 12.9 Å². The van der Waals surface area contributed by atoms with E-state index in [9.17, 15) is 12.9 Å². The Hall–Kier alpha value is -1.49. The fraction of sp³-hybridized carbons (Fsp3) is 0.375. The molecule has 0 fully saturated rings. The highest BCUT2D eigenvalue weighted by atomic mass is 19.4. The monoisotopic (exact) mass is 217 g/mol. The van der Waals surface area contributed by atoms with E-state index >= 15 is 0 Å². The van der Waals surface area contributed by atoms with Crippen molar-refractivity contribution in [2.24, 2.45) is 0 Å². The maximum absolute atomic E-state index is 9.67. The second-order valence-corrected chi connectivity index (χ2v) is 2.90. The third-order valence-corrected chi connectivity index (χ3v) is 1.61. The molecule has 0 saturated heterocycles. The van der Waals surface area contributed by atoms with E-state index in [0.29, 0.717) is 12.1 Å². The maximum atomic E-state index is 9.67. The van der Waals surface area contributed by atoms with Gasteiger partial charge in [-0.1, -0.05) is 0 Å². The first-order chi connectivity index (χ1) is 6.97. The van der Waals surface area contributed by atoms with Crippen molar-refractivity contribution in [1.29, 1.82) is 0 Å². The molecule has 0 spiro atoms. The van der Waals surface area contributed by atoms with E-state index in [1.807, 2.05) is 37.2 Å². The number of nitrogens with zero attached hydrogens (tertiary/aromatic N) is 3. The van der Waals surface area contributed by atoms with Crippen LogP contribution >= 0.6 is 0 Å². The van der Waals surface area contributed by atoms with Crippen molar-refractivity contribution in [1.82, 2.24) is 4.90 Å². The zero-order valence-electron chi connectivity index (χ0n) is 8.49. The van der Waals surface area contributed by atoms with Crippen LogP contribution in [0.25, 0.3) is 5.53 Å². The number of hydrogen-bond acceptors (Lipinski definition) is 1. The van der Waals surface area contributed by atoms with Gasteiger partial charge in [-0.25, -0.2) is 0 Å². The molecule has 3 nitrogen and oxygen atoms in total. The van der Waals surface area contributed by atoms with Gasteiger partial charge < -0.3 is 10.4 Å². The minimum Gasteiger partial charge on any atom is -0.378 e. The summed E-state index contributed by atoms with van der Waals surface area (Å²) >= 11 is 0. The average molecular weight is 217 g/mol. The molecular formula is C8H11BF3N3. The summed E-state index contributed by atoms with van der Waals surface area (Å²) < 4.78 is 29.0. The maximum Gasteiger partial charge on any atom is 0.762 e. The van der Waals surface area contributed by atoms with Crippen LogP contribution in [0.2, 0.25) is 0 Å². The lowest BCUT2D eigenvalue weighted by Crippen LogP contribution is -2.12. The number of halogens is 3. The summed E-state index contributed by atoms with van der Waals surface area (Å²) in [6.07, 6.45) is 6.48. The lowest BCUT2D eigenvalue weighted by Gasteiger charge is -2.14. The largest absolute Gasteiger partial charge is 0.762 e. The summed E-state index contributed by atoms with van der Waals surface area (Å²) in [6, 6.07) is 0. The normalized spacial score (nSPS) is 13.4. The SMILES string of the molecule is CN(C)C1=CCC(=[N+]=[N-])C=C1.FB(F)F. The molecule has 0 aliphatic heterocycles. The van der Waals surface area contributed by atoms with Crippen molar-refractivity contribution in [3.63, 3.8) is 0 Å². The van der Waals surface area contributed by atoms with Gasteiger partial charge in [-0.2, -0.15) is 4.79 Å². The van der Waals surface area contributed by atoms with E-state index in [4.69, 9.17) is 5.53 Å². The van der Waals surface area contributed by atoms with E-state index in [-0.39, 0.29) is 0 Å². The molecule has 0 aromatic carbocycles. The van der Waals surface area contributed by atoms with Crippen LogP contribution in [0, 0.1) is 0 Å². The van der Waals surface area contributed by atoms with Gasteiger partial charge in [0.1, 0.15) is 0 Å². The number of likely N-dealkylation sites (N-methyl/N-ethyl adjacent to an activating group) is 1. The highest BCUT2D eigenvalue weighted by Crippen LogP contribution is 2.08. The van der Waals surface area contributed by atoms with Crippen molar-refractivity contribution in [3.8, 4) is 0 Å². The van der Waals surface area contributed by atoms with Crippen LogP contribution in [0.4, 0.5) is 12.9 Å². The lowest BCUT2D eigenvalue weighted by atomic mass is 10.1. The van der Waals surface area contributed by atoms with Gasteiger partial charge >= 0.3 is 7.54 Å². The van der Waals surface area contributed by atoms with Gasteiger partial charge in [-0.05, 0) is 12.2 Å². The van der Waals surface area contributed by atoms with E-state index in [1.54, 1.807) is 0 Å². The predicted octanol–water partition coefficient (Wildman–Crippen LogP) is 1.94. The highest BCUT2D eigenvalue weighted by molar-refractivity contribution is 6.33. The quantitative estimate of drug-likeness (QED) is 0.375. The van der Waals surface area contributed by atoms with Gasteiger partial charge in [-0.15, -0.1) is 0 Å². The summed E-state index contributed by atoms with van der Waals surface area (Å²) in [7, 11) is 0.300. The standard InChI is InChI=1S/C8H11N3.BF3/c1-11(2)8-5-3-7(10-9)4-6-8;2-1(3)4/h3,5-6H,4H2,1-2H3;. The molecule has 0 saturated carbocycles. The summed E-state index contributed by atoms with van der Waals surface area (Å²) in [5.74, 6) is 0. The van der Waals surface area contributed by atoms with Crippen LogP contribution in [-0.2, 0) is 0 Å². The van der Waals surface area contributed by atoms with Crippen molar-refractivity contribution in [3.05, 3.63) is 29.5 Å². The van der Waals surface area contributed by atoms with Gasteiger partial charge in [0.15, 0.2) is 0 Å². The zero-order valence-corrected chi connectivity index (χ0v) is 8.49. The van der Waals surface area contributed by atoms with E-state index in [0.717, 1.165) is 5.70 Å². The van der Waals surface area contributed by atoms with Crippen LogP contribution in [0.5, 0.6) is 0 Å². The minimum atomic E-state index is -3.67. The van der Waals surface area contributed by atoms with Crippen LogP contribution in [-0.4, -0.2) is 37.0 Å². The van der Waals surface area contributed by atoms with Gasteiger partial charge in [0.05, 0.1) is 6.42 Å². The van der Waals surface area contributed by atoms with Crippen molar-refractivity contribution >= 4 is 13.3 Å². The average Bonchev–Trinajstić information content (AvgIpc) is 2.17. The van der Waals surface area contributed by atoms with Crippen LogP contribution < -0.4 is 0 Å². The second-order valence-electron chi connectivity index (χ2n) is 2.90. The minimum absolute atomic E-state index is 0.704. The third kappa shape index (κ3) is 6.57. The molecule has 0 amide bonds. The molecule has 0 unspecified atom stereocenters. The van der Waals surface area contributed by atoms with Crippen LogP contribution in [0.15, 0.2) is 23.9 Å². The first kappa shape index (κ1) is 13.5. The molecule has 0 atom stereocenters. The Bertz CT molecular complexity index is 303. The summed E-state index contributed by atoms with van der Waals surface area (Å²) in [4.78, 5) is 5.13. The molecule has 1 rings (SSSR count). The highest BCUT2D eigenvalue weighted by Gasteiger charge is 2.08. The Labute approximate surface area is 86.7 Å². The van der Waals surface area contributed by atoms with Gasteiger partial charge in [0, 0.05) is 25.9 Å². The van der Waals surface area contributed by atoms with E-state index in [2.05, 4.69) is 4.79 Å². The molecule has 0 radical (unpaired) electrons. The van der Waals surface area contributed by atoms with E-state index < -0.39 is 7.54 Å². The Morgan fingerprint density at radius 2 is 1.87 bits per heavy atom. The fourth-order valence-electron chi connectivity index (χ4n) is 0.933. The smallest absolute Gasteiger partial charge is 0.378 e. The molecule has 0 heterocycles. The molecule has 7 heteroatoms. The number of rotatable bonds is 1. The summed E-state index contributed by atoms with van der Waals surface area (Å²) in [5.41, 5.74) is 10.3. The molecule has 0 N–H and O–H groups in total. The second kappa shape index (κ2) is 6.89. The molecule has 0 aromatic heterocycles.